The van der Waals surface area contributed by atoms with Gasteiger partial charge >= 0.3 is 0 Å². The van der Waals surface area contributed by atoms with E-state index < -0.39 is 9.84 Å². The Hall–Kier alpha value is -1.16. The summed E-state index contributed by atoms with van der Waals surface area (Å²) in [5.74, 6) is 0. The van der Waals surface area contributed by atoms with Crippen molar-refractivity contribution in [3.63, 3.8) is 0 Å². The number of aliphatic imine (C=N–C) groups is 1. The normalized spacial score (nSPS) is 25.0. The Bertz CT molecular complexity index is 672. The Balaban J connectivity index is 2.16. The first-order chi connectivity index (χ1) is 9.47. The molecule has 3 nitrogen and oxygen atoms in total. The van der Waals surface area contributed by atoms with Gasteiger partial charge in [0, 0.05) is 17.4 Å². The van der Waals surface area contributed by atoms with Gasteiger partial charge in [-0.2, -0.15) is 0 Å². The lowest BCUT2D eigenvalue weighted by molar-refractivity contribution is 0.429. The van der Waals surface area contributed by atoms with Gasteiger partial charge in [0.15, 0.2) is 9.84 Å². The van der Waals surface area contributed by atoms with Crippen LogP contribution in [-0.4, -0.2) is 20.4 Å². The fraction of sp³-hybridized carbons (Fsp3) is 0.562. The molecular formula is C16H21NO2S. The third kappa shape index (κ3) is 2.01. The van der Waals surface area contributed by atoms with Gasteiger partial charge in [-0.3, -0.25) is 4.99 Å². The van der Waals surface area contributed by atoms with Gasteiger partial charge in [0.2, 0.25) is 0 Å². The first-order valence-corrected chi connectivity index (χ1v) is 9.29. The van der Waals surface area contributed by atoms with Crippen molar-refractivity contribution in [1.82, 2.24) is 0 Å². The molecule has 0 aromatic heterocycles. The summed E-state index contributed by atoms with van der Waals surface area (Å²) in [7, 11) is -3.15. The van der Waals surface area contributed by atoms with Crippen LogP contribution in [0.25, 0.3) is 0 Å². The van der Waals surface area contributed by atoms with E-state index in [4.69, 9.17) is 4.99 Å². The lowest BCUT2D eigenvalue weighted by atomic mass is 9.67. The van der Waals surface area contributed by atoms with Crippen molar-refractivity contribution >= 4 is 21.2 Å². The molecule has 0 spiro atoms. The molecule has 1 unspecified atom stereocenters. The Morgan fingerprint density at radius 2 is 2.10 bits per heavy atom. The Morgan fingerprint density at radius 3 is 2.80 bits per heavy atom. The zero-order valence-electron chi connectivity index (χ0n) is 12.1. The molecule has 1 atom stereocenters. The molecule has 1 saturated carbocycles. The molecule has 1 aliphatic carbocycles. The van der Waals surface area contributed by atoms with E-state index in [-0.39, 0.29) is 5.41 Å². The third-order valence-electron chi connectivity index (χ3n) is 4.66. The Labute approximate surface area is 121 Å². The maximum atomic E-state index is 11.8. The summed E-state index contributed by atoms with van der Waals surface area (Å²) >= 11 is 0. The van der Waals surface area contributed by atoms with Gasteiger partial charge in [-0.05, 0) is 49.4 Å². The van der Waals surface area contributed by atoms with Crippen molar-refractivity contribution < 1.29 is 8.42 Å². The molecule has 0 N–H and O–H groups in total. The monoisotopic (exact) mass is 291 g/mol. The number of hydrogen-bond acceptors (Lipinski definition) is 3. The number of nitrogens with zero attached hydrogens (tertiary/aromatic N) is 1. The summed E-state index contributed by atoms with van der Waals surface area (Å²) in [6.45, 7) is 2.19. The van der Waals surface area contributed by atoms with Crippen LogP contribution in [0.15, 0.2) is 28.1 Å². The molecular weight excluding hydrogens is 270 g/mol. The standard InChI is InChI=1S/C16H21NO2S/c1-3-9-16-10-5-4-6-15(16)17-14-8-7-12(11-13(14)16)20(2,18)19/h7-8,11H,3-6,9-10H2,1-2H3. The van der Waals surface area contributed by atoms with E-state index in [0.29, 0.717) is 4.90 Å². The summed E-state index contributed by atoms with van der Waals surface area (Å²) in [6.07, 6.45) is 8.04. The lowest BCUT2D eigenvalue weighted by Crippen LogP contribution is -2.36. The van der Waals surface area contributed by atoms with Crippen LogP contribution in [0.4, 0.5) is 5.69 Å². The maximum Gasteiger partial charge on any atom is 0.175 e. The summed E-state index contributed by atoms with van der Waals surface area (Å²) in [5, 5.41) is 0. The van der Waals surface area contributed by atoms with Crippen molar-refractivity contribution in [2.45, 2.75) is 55.8 Å². The average molecular weight is 291 g/mol. The predicted octanol–water partition coefficient (Wildman–Crippen LogP) is 3.79. The second-order valence-corrected chi connectivity index (χ2v) is 8.06. The summed E-state index contributed by atoms with van der Waals surface area (Å²) in [6, 6.07) is 5.45. The SMILES string of the molecule is CCCC12CCCCC1=Nc1ccc(S(C)(=O)=O)cc12. The van der Waals surface area contributed by atoms with E-state index >= 15 is 0 Å². The highest BCUT2D eigenvalue weighted by atomic mass is 32.2. The minimum Gasteiger partial charge on any atom is -0.257 e. The topological polar surface area (TPSA) is 46.5 Å². The fourth-order valence-electron chi connectivity index (χ4n) is 3.76. The van der Waals surface area contributed by atoms with Gasteiger partial charge in [-0.1, -0.05) is 19.8 Å². The van der Waals surface area contributed by atoms with Gasteiger partial charge in [0.05, 0.1) is 10.6 Å². The molecule has 0 radical (unpaired) electrons. The van der Waals surface area contributed by atoms with Crippen LogP contribution in [0.1, 0.15) is 51.0 Å². The number of sulfone groups is 1. The molecule has 0 amide bonds. The van der Waals surface area contributed by atoms with Gasteiger partial charge in [0.25, 0.3) is 0 Å². The van der Waals surface area contributed by atoms with Crippen LogP contribution in [0, 0.1) is 0 Å². The molecule has 4 heteroatoms. The second-order valence-electron chi connectivity index (χ2n) is 6.05. The predicted molar refractivity (Wildman–Crippen MR) is 81.7 cm³/mol. The number of fused-ring (bicyclic) bond motifs is 3. The molecule has 0 saturated heterocycles. The highest BCUT2D eigenvalue weighted by Gasteiger charge is 2.44. The number of hydrogen-bond donors (Lipinski definition) is 0. The largest absolute Gasteiger partial charge is 0.257 e. The molecule has 1 aliphatic heterocycles. The molecule has 3 rings (SSSR count). The van der Waals surface area contributed by atoms with Crippen molar-refractivity contribution in [2.75, 3.05) is 6.26 Å². The van der Waals surface area contributed by atoms with E-state index in [1.807, 2.05) is 12.1 Å². The summed E-state index contributed by atoms with van der Waals surface area (Å²) in [4.78, 5) is 5.23. The molecule has 1 aromatic rings. The molecule has 2 aliphatic rings. The smallest absolute Gasteiger partial charge is 0.175 e. The minimum atomic E-state index is -3.15. The molecule has 1 heterocycles. The van der Waals surface area contributed by atoms with Gasteiger partial charge in [0.1, 0.15) is 0 Å². The zero-order valence-corrected chi connectivity index (χ0v) is 13.0. The Kier molecular flexibility index (Phi) is 3.24. The highest BCUT2D eigenvalue weighted by molar-refractivity contribution is 7.90. The van der Waals surface area contributed by atoms with Crippen molar-refractivity contribution in [1.29, 1.82) is 0 Å². The van der Waals surface area contributed by atoms with Crippen LogP contribution in [0.2, 0.25) is 0 Å². The highest BCUT2D eigenvalue weighted by Crippen LogP contribution is 2.50. The van der Waals surface area contributed by atoms with Crippen molar-refractivity contribution in [3.8, 4) is 0 Å². The van der Waals surface area contributed by atoms with Crippen LogP contribution in [0.5, 0.6) is 0 Å². The quantitative estimate of drug-likeness (QED) is 0.850. The molecule has 1 fully saturated rings. The van der Waals surface area contributed by atoms with E-state index in [1.54, 1.807) is 6.07 Å². The summed E-state index contributed by atoms with van der Waals surface area (Å²) in [5.41, 5.74) is 3.44. The van der Waals surface area contributed by atoms with E-state index in [2.05, 4.69) is 6.92 Å². The van der Waals surface area contributed by atoms with Crippen molar-refractivity contribution in [3.05, 3.63) is 23.8 Å². The van der Waals surface area contributed by atoms with Crippen LogP contribution in [0.3, 0.4) is 0 Å². The van der Waals surface area contributed by atoms with E-state index in [9.17, 15) is 8.42 Å². The first-order valence-electron chi connectivity index (χ1n) is 7.40. The average Bonchev–Trinajstić information content (AvgIpc) is 2.72. The van der Waals surface area contributed by atoms with Gasteiger partial charge < -0.3 is 0 Å². The molecule has 1 aromatic carbocycles. The fourth-order valence-corrected chi connectivity index (χ4v) is 4.41. The third-order valence-corrected chi connectivity index (χ3v) is 5.77. The number of rotatable bonds is 3. The zero-order chi connectivity index (χ0) is 14.4. The van der Waals surface area contributed by atoms with Crippen LogP contribution in [-0.2, 0) is 15.3 Å². The molecule has 20 heavy (non-hydrogen) atoms. The van der Waals surface area contributed by atoms with Crippen LogP contribution < -0.4 is 0 Å². The van der Waals surface area contributed by atoms with E-state index in [0.717, 1.165) is 36.9 Å². The summed E-state index contributed by atoms with van der Waals surface area (Å²) < 4.78 is 23.6. The first kappa shape index (κ1) is 13.8. The second kappa shape index (κ2) is 4.69. The number of benzene rings is 1. The van der Waals surface area contributed by atoms with Gasteiger partial charge in [-0.25, -0.2) is 8.42 Å². The van der Waals surface area contributed by atoms with Gasteiger partial charge in [-0.15, -0.1) is 0 Å². The molecule has 0 bridgehead atoms. The Morgan fingerprint density at radius 1 is 1.30 bits per heavy atom. The lowest BCUT2D eigenvalue weighted by Gasteiger charge is -2.35. The van der Waals surface area contributed by atoms with E-state index in [1.165, 1.54) is 24.8 Å². The van der Waals surface area contributed by atoms with Crippen molar-refractivity contribution in [2.24, 2.45) is 4.99 Å². The van der Waals surface area contributed by atoms with Crippen LogP contribution >= 0.6 is 0 Å². The minimum absolute atomic E-state index is 0.0169. The maximum absolute atomic E-state index is 11.8. The molecule has 108 valence electrons.